The number of methoxy groups -OCH3 is 2. The van der Waals surface area contributed by atoms with Crippen LogP contribution in [0.4, 0.5) is 0 Å². The number of carbonyl (C=O) groups is 3. The molecule has 0 amide bonds. The third kappa shape index (κ3) is 4.50. The van der Waals surface area contributed by atoms with Gasteiger partial charge in [0.1, 0.15) is 0 Å². The molecule has 1 aromatic rings. The minimum absolute atomic E-state index is 0.0179. The Labute approximate surface area is 117 Å². The van der Waals surface area contributed by atoms with Crippen molar-refractivity contribution in [3.63, 3.8) is 0 Å². The van der Waals surface area contributed by atoms with Gasteiger partial charge in [-0.05, 0) is 18.9 Å². The molecule has 0 N–H and O–H groups in total. The van der Waals surface area contributed by atoms with Crippen LogP contribution in [0.15, 0.2) is 24.3 Å². The van der Waals surface area contributed by atoms with E-state index in [4.69, 9.17) is 4.74 Å². The Morgan fingerprint density at radius 3 is 2.10 bits per heavy atom. The molecule has 0 bridgehead atoms. The lowest BCUT2D eigenvalue weighted by atomic mass is 9.95. The molecule has 5 nitrogen and oxygen atoms in total. The fourth-order valence-corrected chi connectivity index (χ4v) is 1.85. The van der Waals surface area contributed by atoms with E-state index in [0.717, 1.165) is 5.56 Å². The van der Waals surface area contributed by atoms with Gasteiger partial charge in [-0.1, -0.05) is 24.3 Å². The topological polar surface area (TPSA) is 69.7 Å². The number of ether oxygens (including phenoxy) is 2. The monoisotopic (exact) mass is 278 g/mol. The van der Waals surface area contributed by atoms with Crippen LogP contribution in [0.1, 0.15) is 29.3 Å². The van der Waals surface area contributed by atoms with E-state index in [-0.39, 0.29) is 12.2 Å². The van der Waals surface area contributed by atoms with Crippen LogP contribution in [-0.4, -0.2) is 31.9 Å². The first-order chi connectivity index (χ1) is 9.47. The van der Waals surface area contributed by atoms with Crippen molar-refractivity contribution in [2.45, 2.75) is 19.8 Å². The molecular weight excluding hydrogens is 260 g/mol. The minimum Gasteiger partial charge on any atom is -0.469 e. The Balaban J connectivity index is 2.80. The third-order valence-corrected chi connectivity index (χ3v) is 3.02. The summed E-state index contributed by atoms with van der Waals surface area (Å²) in [6, 6.07) is 6.93. The minimum atomic E-state index is -0.587. The number of carbonyl (C=O) groups excluding carboxylic acids is 3. The van der Waals surface area contributed by atoms with Gasteiger partial charge < -0.3 is 9.47 Å². The normalized spacial score (nSPS) is 11.6. The Kier molecular flexibility index (Phi) is 5.90. The van der Waals surface area contributed by atoms with Crippen LogP contribution >= 0.6 is 0 Å². The molecule has 1 atom stereocenters. The quantitative estimate of drug-likeness (QED) is 0.586. The first-order valence-electron chi connectivity index (χ1n) is 6.22. The largest absolute Gasteiger partial charge is 0.469 e. The molecule has 0 radical (unpaired) electrons. The van der Waals surface area contributed by atoms with Crippen molar-refractivity contribution in [3.8, 4) is 0 Å². The zero-order valence-electron chi connectivity index (χ0n) is 11.8. The van der Waals surface area contributed by atoms with E-state index in [1.807, 2.05) is 0 Å². The van der Waals surface area contributed by atoms with E-state index < -0.39 is 17.9 Å². The Bertz CT molecular complexity index is 489. The number of esters is 2. The molecule has 1 aromatic carbocycles. The average molecular weight is 278 g/mol. The highest BCUT2D eigenvalue weighted by molar-refractivity contribution is 5.94. The maximum absolute atomic E-state index is 11.7. The second-order valence-corrected chi connectivity index (χ2v) is 4.46. The predicted molar refractivity (Wildman–Crippen MR) is 72.3 cm³/mol. The van der Waals surface area contributed by atoms with Gasteiger partial charge in [0.2, 0.25) is 0 Å². The van der Waals surface area contributed by atoms with Crippen molar-refractivity contribution < 1.29 is 23.9 Å². The number of rotatable bonds is 6. The maximum atomic E-state index is 11.7. The summed E-state index contributed by atoms with van der Waals surface area (Å²) >= 11 is 0. The van der Waals surface area contributed by atoms with E-state index in [1.54, 1.807) is 24.3 Å². The van der Waals surface area contributed by atoms with Crippen LogP contribution in [0.2, 0.25) is 0 Å². The molecule has 0 saturated heterocycles. The van der Waals surface area contributed by atoms with Gasteiger partial charge in [-0.15, -0.1) is 0 Å². The first-order valence-corrected chi connectivity index (χ1v) is 6.22. The highest BCUT2D eigenvalue weighted by Crippen LogP contribution is 2.16. The van der Waals surface area contributed by atoms with E-state index in [0.29, 0.717) is 12.0 Å². The van der Waals surface area contributed by atoms with Crippen LogP contribution in [0.3, 0.4) is 0 Å². The summed E-state index contributed by atoms with van der Waals surface area (Å²) in [5.41, 5.74) is 1.46. The van der Waals surface area contributed by atoms with Gasteiger partial charge >= 0.3 is 11.9 Å². The number of ketones is 1. The van der Waals surface area contributed by atoms with Crippen LogP contribution in [0, 0.1) is 5.92 Å². The Morgan fingerprint density at radius 1 is 1.05 bits per heavy atom. The summed E-state index contributed by atoms with van der Waals surface area (Å²) in [7, 11) is 2.56. The van der Waals surface area contributed by atoms with E-state index >= 15 is 0 Å². The zero-order chi connectivity index (χ0) is 15.1. The Morgan fingerprint density at radius 2 is 1.65 bits per heavy atom. The smallest absolute Gasteiger partial charge is 0.309 e. The molecule has 108 valence electrons. The molecule has 0 aliphatic rings. The zero-order valence-corrected chi connectivity index (χ0v) is 11.8. The van der Waals surface area contributed by atoms with Crippen LogP contribution in [0.5, 0.6) is 0 Å². The van der Waals surface area contributed by atoms with E-state index in [2.05, 4.69) is 4.74 Å². The summed E-state index contributed by atoms with van der Waals surface area (Å²) in [5, 5.41) is 0. The fourth-order valence-electron chi connectivity index (χ4n) is 1.85. The second-order valence-electron chi connectivity index (χ2n) is 4.46. The van der Waals surface area contributed by atoms with Gasteiger partial charge in [-0.3, -0.25) is 14.4 Å². The van der Waals surface area contributed by atoms with Gasteiger partial charge in [-0.25, -0.2) is 0 Å². The predicted octanol–water partition coefficient (Wildman–Crippen LogP) is 1.78. The van der Waals surface area contributed by atoms with Crippen molar-refractivity contribution in [2.75, 3.05) is 14.2 Å². The first kappa shape index (κ1) is 15.9. The SMILES string of the molecule is COC(=O)C[C@@H](Cc1ccc(C(C)=O)cc1)C(=O)OC. The fraction of sp³-hybridized carbons (Fsp3) is 0.400. The molecule has 20 heavy (non-hydrogen) atoms. The number of hydrogen-bond donors (Lipinski definition) is 0. The average Bonchev–Trinajstić information content (AvgIpc) is 2.46. The summed E-state index contributed by atoms with van der Waals surface area (Å²) in [5.74, 6) is -1.52. The van der Waals surface area contributed by atoms with Crippen molar-refractivity contribution in [1.29, 1.82) is 0 Å². The lowest BCUT2D eigenvalue weighted by Gasteiger charge is -2.13. The molecular formula is C15H18O5. The summed E-state index contributed by atoms with van der Waals surface area (Å²) in [6.07, 6.45) is 0.331. The van der Waals surface area contributed by atoms with Gasteiger partial charge in [0, 0.05) is 5.56 Å². The third-order valence-electron chi connectivity index (χ3n) is 3.02. The van der Waals surface area contributed by atoms with E-state index in [9.17, 15) is 14.4 Å². The lowest BCUT2D eigenvalue weighted by Crippen LogP contribution is -2.22. The van der Waals surface area contributed by atoms with Crippen molar-refractivity contribution >= 4 is 17.7 Å². The van der Waals surface area contributed by atoms with Crippen LogP contribution in [0.25, 0.3) is 0 Å². The number of Topliss-reactive ketones (excluding diaryl/α,β-unsaturated/α-hetero) is 1. The molecule has 0 unspecified atom stereocenters. The van der Waals surface area contributed by atoms with Crippen LogP contribution < -0.4 is 0 Å². The molecule has 0 heterocycles. The molecule has 0 fully saturated rings. The summed E-state index contributed by atoms with van der Waals surface area (Å²) < 4.78 is 9.26. The molecule has 5 heteroatoms. The lowest BCUT2D eigenvalue weighted by molar-refractivity contribution is -0.151. The summed E-state index contributed by atoms with van der Waals surface area (Å²) in [6.45, 7) is 1.49. The van der Waals surface area contributed by atoms with Crippen LogP contribution in [-0.2, 0) is 25.5 Å². The number of benzene rings is 1. The van der Waals surface area contributed by atoms with Gasteiger partial charge in [0.05, 0.1) is 26.6 Å². The van der Waals surface area contributed by atoms with Crippen molar-refractivity contribution in [1.82, 2.24) is 0 Å². The van der Waals surface area contributed by atoms with Gasteiger partial charge in [0.25, 0.3) is 0 Å². The molecule has 0 aromatic heterocycles. The second kappa shape index (κ2) is 7.43. The Hall–Kier alpha value is -2.17. The highest BCUT2D eigenvalue weighted by Gasteiger charge is 2.23. The highest BCUT2D eigenvalue weighted by atomic mass is 16.5. The summed E-state index contributed by atoms with van der Waals surface area (Å²) in [4.78, 5) is 34.1. The van der Waals surface area contributed by atoms with Crippen molar-refractivity contribution in [3.05, 3.63) is 35.4 Å². The van der Waals surface area contributed by atoms with Gasteiger partial charge in [-0.2, -0.15) is 0 Å². The van der Waals surface area contributed by atoms with Crippen molar-refractivity contribution in [2.24, 2.45) is 5.92 Å². The molecule has 0 spiro atoms. The number of hydrogen-bond acceptors (Lipinski definition) is 5. The molecule has 1 rings (SSSR count). The molecule has 0 aliphatic carbocycles. The molecule has 0 aliphatic heterocycles. The molecule has 0 saturated carbocycles. The standard InChI is InChI=1S/C15H18O5/c1-10(16)12-6-4-11(5-7-12)8-13(15(18)20-3)9-14(17)19-2/h4-7,13H,8-9H2,1-3H3/t13-/m1/s1. The van der Waals surface area contributed by atoms with Gasteiger partial charge in [0.15, 0.2) is 5.78 Å². The van der Waals surface area contributed by atoms with E-state index in [1.165, 1.54) is 21.1 Å². The maximum Gasteiger partial charge on any atom is 0.309 e.